The van der Waals surface area contributed by atoms with Gasteiger partial charge in [-0.2, -0.15) is 13.2 Å². The molecule has 5 rings (SSSR count). The van der Waals surface area contributed by atoms with Gasteiger partial charge in [-0.3, -0.25) is 9.80 Å². The van der Waals surface area contributed by atoms with Gasteiger partial charge in [0.25, 0.3) is 0 Å². The standard InChI is InChI=1S/C24H25ClF3N5O/c25-18-4-1-16(2-5-18)12-31-7-9-32(10-8-31)21-13-33(14-22(21)34)23-19-6-3-17(24(26,27)28)11-20(19)29-15-30-23/h1-6,11,15,21-22,34H,7-10,12-14H2/t21-,22-/m0/s1. The number of nitrogens with zero attached hydrogens (tertiary/aromatic N) is 5. The first-order valence-corrected chi connectivity index (χ1v) is 11.6. The first kappa shape index (κ1) is 23.3. The van der Waals surface area contributed by atoms with Crippen LogP contribution in [0.15, 0.2) is 48.8 Å². The molecule has 0 unspecified atom stereocenters. The fourth-order valence-corrected chi connectivity index (χ4v) is 5.00. The first-order chi connectivity index (χ1) is 16.3. The molecule has 2 aromatic carbocycles. The highest BCUT2D eigenvalue weighted by Crippen LogP contribution is 2.34. The number of halogens is 4. The number of anilines is 1. The Morgan fingerprint density at radius 2 is 1.71 bits per heavy atom. The van der Waals surface area contributed by atoms with E-state index in [1.165, 1.54) is 18.0 Å². The molecule has 2 saturated heterocycles. The zero-order chi connectivity index (χ0) is 23.9. The number of aliphatic hydroxyl groups excluding tert-OH is 1. The quantitative estimate of drug-likeness (QED) is 0.601. The van der Waals surface area contributed by atoms with Crippen LogP contribution in [0, 0.1) is 0 Å². The third kappa shape index (κ3) is 4.84. The Bertz CT molecular complexity index is 1150. The molecule has 3 heterocycles. The molecule has 6 nitrogen and oxygen atoms in total. The minimum Gasteiger partial charge on any atom is -0.390 e. The second kappa shape index (κ2) is 9.30. The lowest BCUT2D eigenvalue weighted by Gasteiger charge is -2.38. The van der Waals surface area contributed by atoms with Crippen LogP contribution >= 0.6 is 11.6 Å². The summed E-state index contributed by atoms with van der Waals surface area (Å²) in [6.45, 7) is 5.25. The van der Waals surface area contributed by atoms with Crippen molar-refractivity contribution in [2.45, 2.75) is 24.9 Å². The number of piperazine rings is 1. The molecule has 180 valence electrons. The minimum atomic E-state index is -4.43. The van der Waals surface area contributed by atoms with Crippen molar-refractivity contribution >= 4 is 28.3 Å². The SMILES string of the molecule is O[C@H]1CN(c2ncnc3cc(C(F)(F)F)ccc23)C[C@@H]1N1CCN(Cc2ccc(Cl)cc2)CC1. The summed E-state index contributed by atoms with van der Waals surface area (Å²) >= 11 is 5.97. The Morgan fingerprint density at radius 1 is 0.971 bits per heavy atom. The molecule has 2 aliphatic rings. The molecule has 2 aliphatic heterocycles. The van der Waals surface area contributed by atoms with E-state index in [9.17, 15) is 18.3 Å². The number of β-amino-alcohol motifs (C(OH)–C–C–N with tert-alkyl or cyclic N) is 1. The molecule has 0 spiro atoms. The Morgan fingerprint density at radius 3 is 2.41 bits per heavy atom. The highest BCUT2D eigenvalue weighted by molar-refractivity contribution is 6.30. The Kier molecular flexibility index (Phi) is 6.37. The molecular weight excluding hydrogens is 467 g/mol. The van der Waals surface area contributed by atoms with Crippen molar-refractivity contribution in [1.29, 1.82) is 0 Å². The molecule has 0 aliphatic carbocycles. The normalized spacial score (nSPS) is 22.6. The number of benzene rings is 2. The predicted molar refractivity (Wildman–Crippen MR) is 125 cm³/mol. The van der Waals surface area contributed by atoms with E-state index in [1.54, 1.807) is 0 Å². The summed E-state index contributed by atoms with van der Waals surface area (Å²) in [7, 11) is 0. The van der Waals surface area contributed by atoms with Crippen molar-refractivity contribution in [2.75, 3.05) is 44.2 Å². The van der Waals surface area contributed by atoms with E-state index < -0.39 is 17.8 Å². The summed E-state index contributed by atoms with van der Waals surface area (Å²) in [5.41, 5.74) is 0.725. The highest BCUT2D eigenvalue weighted by atomic mass is 35.5. The smallest absolute Gasteiger partial charge is 0.390 e. The molecule has 0 amide bonds. The van der Waals surface area contributed by atoms with Crippen LogP contribution in [0.2, 0.25) is 5.02 Å². The number of hydrogen-bond acceptors (Lipinski definition) is 6. The fourth-order valence-electron chi connectivity index (χ4n) is 4.87. The summed E-state index contributed by atoms with van der Waals surface area (Å²) in [4.78, 5) is 15.0. The molecule has 34 heavy (non-hydrogen) atoms. The van der Waals surface area contributed by atoms with Crippen molar-refractivity contribution in [1.82, 2.24) is 19.8 Å². The lowest BCUT2D eigenvalue weighted by atomic mass is 10.1. The van der Waals surface area contributed by atoms with Gasteiger partial charge in [-0.05, 0) is 35.9 Å². The number of rotatable bonds is 4. The van der Waals surface area contributed by atoms with Gasteiger partial charge < -0.3 is 10.0 Å². The zero-order valence-corrected chi connectivity index (χ0v) is 19.2. The van der Waals surface area contributed by atoms with Crippen LogP contribution in [-0.2, 0) is 12.7 Å². The van der Waals surface area contributed by atoms with Gasteiger partial charge in [0.15, 0.2) is 0 Å². The molecule has 2 atom stereocenters. The van der Waals surface area contributed by atoms with E-state index in [0.717, 1.165) is 49.9 Å². The van der Waals surface area contributed by atoms with Crippen molar-refractivity contribution in [3.63, 3.8) is 0 Å². The monoisotopic (exact) mass is 491 g/mol. The summed E-state index contributed by atoms with van der Waals surface area (Å²) < 4.78 is 39.3. The molecular formula is C24H25ClF3N5O. The number of alkyl halides is 3. The summed E-state index contributed by atoms with van der Waals surface area (Å²) in [5.74, 6) is 0.557. The predicted octanol–water partition coefficient (Wildman–Crippen LogP) is 3.67. The Hall–Kier alpha value is -2.46. The van der Waals surface area contributed by atoms with Crippen LogP contribution in [0.3, 0.4) is 0 Å². The van der Waals surface area contributed by atoms with Crippen LogP contribution in [0.1, 0.15) is 11.1 Å². The molecule has 0 bridgehead atoms. The summed E-state index contributed by atoms with van der Waals surface area (Å²) in [6.07, 6.45) is -3.71. The van der Waals surface area contributed by atoms with Crippen LogP contribution < -0.4 is 4.90 Å². The van der Waals surface area contributed by atoms with Crippen molar-refractivity contribution in [2.24, 2.45) is 0 Å². The van der Waals surface area contributed by atoms with E-state index in [2.05, 4.69) is 19.8 Å². The average Bonchev–Trinajstić information content (AvgIpc) is 3.21. The Labute approximate surface area is 200 Å². The van der Waals surface area contributed by atoms with E-state index >= 15 is 0 Å². The van der Waals surface area contributed by atoms with Crippen LogP contribution in [0.4, 0.5) is 19.0 Å². The second-order valence-corrected chi connectivity index (χ2v) is 9.34. The van der Waals surface area contributed by atoms with Crippen molar-refractivity contribution in [3.8, 4) is 0 Å². The van der Waals surface area contributed by atoms with Crippen LogP contribution in [0.25, 0.3) is 10.9 Å². The molecule has 0 radical (unpaired) electrons. The molecule has 1 N–H and O–H groups in total. The topological polar surface area (TPSA) is 55.7 Å². The van der Waals surface area contributed by atoms with Crippen LogP contribution in [0.5, 0.6) is 0 Å². The first-order valence-electron chi connectivity index (χ1n) is 11.2. The number of fused-ring (bicyclic) bond motifs is 1. The van der Waals surface area contributed by atoms with Gasteiger partial charge in [-0.25, -0.2) is 9.97 Å². The molecule has 2 fully saturated rings. The van der Waals surface area contributed by atoms with Gasteiger partial charge in [0, 0.05) is 56.2 Å². The average molecular weight is 492 g/mol. The number of hydrogen-bond donors (Lipinski definition) is 1. The molecule has 1 aromatic heterocycles. The maximum atomic E-state index is 13.1. The summed E-state index contributed by atoms with van der Waals surface area (Å²) in [6, 6.07) is 11.3. The number of aliphatic hydroxyl groups is 1. The molecule has 0 saturated carbocycles. The summed E-state index contributed by atoms with van der Waals surface area (Å²) in [5, 5.41) is 12.1. The second-order valence-electron chi connectivity index (χ2n) is 8.91. The van der Waals surface area contributed by atoms with Crippen molar-refractivity contribution in [3.05, 3.63) is 64.9 Å². The molecule has 10 heteroatoms. The zero-order valence-electron chi connectivity index (χ0n) is 18.4. The lowest BCUT2D eigenvalue weighted by molar-refractivity contribution is -0.137. The van der Waals surface area contributed by atoms with Crippen LogP contribution in [-0.4, -0.2) is 76.3 Å². The fraction of sp³-hybridized carbons (Fsp3) is 0.417. The third-order valence-electron chi connectivity index (χ3n) is 6.70. The van der Waals surface area contributed by atoms with E-state index in [0.29, 0.717) is 24.3 Å². The van der Waals surface area contributed by atoms with Gasteiger partial charge in [0.1, 0.15) is 12.1 Å². The molecule has 3 aromatic rings. The highest BCUT2D eigenvalue weighted by Gasteiger charge is 2.38. The minimum absolute atomic E-state index is 0.0582. The number of aromatic nitrogens is 2. The van der Waals surface area contributed by atoms with Gasteiger partial charge >= 0.3 is 6.18 Å². The largest absolute Gasteiger partial charge is 0.416 e. The maximum Gasteiger partial charge on any atom is 0.416 e. The van der Waals surface area contributed by atoms with Crippen molar-refractivity contribution < 1.29 is 18.3 Å². The van der Waals surface area contributed by atoms with E-state index in [1.807, 2.05) is 29.2 Å². The van der Waals surface area contributed by atoms with E-state index in [-0.39, 0.29) is 11.6 Å². The van der Waals surface area contributed by atoms with Gasteiger partial charge in [-0.1, -0.05) is 23.7 Å². The third-order valence-corrected chi connectivity index (χ3v) is 6.95. The maximum absolute atomic E-state index is 13.1. The Balaban J connectivity index is 1.25. The van der Waals surface area contributed by atoms with Gasteiger partial charge in [-0.15, -0.1) is 0 Å². The lowest BCUT2D eigenvalue weighted by Crippen LogP contribution is -2.53. The van der Waals surface area contributed by atoms with Gasteiger partial charge in [0.05, 0.1) is 23.2 Å². The van der Waals surface area contributed by atoms with E-state index in [4.69, 9.17) is 11.6 Å². The van der Waals surface area contributed by atoms with Gasteiger partial charge in [0.2, 0.25) is 0 Å².